The molecule has 0 aliphatic heterocycles. The van der Waals surface area contributed by atoms with Crippen LogP contribution in [0.15, 0.2) is 24.3 Å². The Bertz CT molecular complexity index is 635. The van der Waals surface area contributed by atoms with E-state index in [0.29, 0.717) is 11.6 Å². The van der Waals surface area contributed by atoms with Crippen LogP contribution in [0.5, 0.6) is 0 Å². The largest absolute Gasteiger partial charge is 0.308 e. The number of halogens is 1. The number of nitrogens with one attached hydrogen (secondary N) is 1. The Kier molecular flexibility index (Phi) is 4.23. The van der Waals surface area contributed by atoms with Gasteiger partial charge in [-0.2, -0.15) is 0 Å². The van der Waals surface area contributed by atoms with E-state index < -0.39 is 5.41 Å². The van der Waals surface area contributed by atoms with Crippen LogP contribution >= 0.6 is 0 Å². The number of nitrogens with zero attached hydrogens (tertiary/aromatic N) is 2. The number of aryl methyl sites for hydroxylation is 1. The topological polar surface area (TPSA) is 63.8 Å². The maximum atomic E-state index is 13.1. The number of benzene rings is 1. The SMILES string of the molecule is CCc1c(C)nc(C(C)(C)c2ccc(F)cc2)nc1NN. The van der Waals surface area contributed by atoms with Crippen molar-refractivity contribution in [2.45, 2.75) is 39.5 Å². The lowest BCUT2D eigenvalue weighted by Gasteiger charge is -2.25. The second-order valence-corrected chi connectivity index (χ2v) is 5.59. The van der Waals surface area contributed by atoms with Crippen molar-refractivity contribution in [2.24, 2.45) is 5.84 Å². The maximum Gasteiger partial charge on any atom is 0.147 e. The quantitative estimate of drug-likeness (QED) is 0.670. The summed E-state index contributed by atoms with van der Waals surface area (Å²) in [6.07, 6.45) is 0.808. The monoisotopic (exact) mass is 288 g/mol. The van der Waals surface area contributed by atoms with Crippen LogP contribution in [0.25, 0.3) is 0 Å². The number of aromatic nitrogens is 2. The van der Waals surface area contributed by atoms with Gasteiger partial charge in [-0.1, -0.05) is 19.1 Å². The van der Waals surface area contributed by atoms with Gasteiger partial charge in [-0.25, -0.2) is 20.2 Å². The zero-order valence-electron chi connectivity index (χ0n) is 12.9. The minimum absolute atomic E-state index is 0.253. The first-order valence-corrected chi connectivity index (χ1v) is 7.00. The van der Waals surface area contributed by atoms with E-state index in [4.69, 9.17) is 5.84 Å². The summed E-state index contributed by atoms with van der Waals surface area (Å²) < 4.78 is 13.1. The summed E-state index contributed by atoms with van der Waals surface area (Å²) in [6, 6.07) is 6.42. The van der Waals surface area contributed by atoms with Crippen molar-refractivity contribution in [3.05, 3.63) is 52.7 Å². The van der Waals surface area contributed by atoms with E-state index in [1.165, 1.54) is 12.1 Å². The molecule has 0 saturated carbocycles. The molecule has 0 radical (unpaired) electrons. The highest BCUT2D eigenvalue weighted by Gasteiger charge is 2.28. The molecule has 0 aliphatic carbocycles. The highest BCUT2D eigenvalue weighted by Crippen LogP contribution is 2.31. The van der Waals surface area contributed by atoms with Gasteiger partial charge in [0.25, 0.3) is 0 Å². The molecule has 2 rings (SSSR count). The predicted molar refractivity (Wildman–Crippen MR) is 82.5 cm³/mol. The molecule has 5 heteroatoms. The van der Waals surface area contributed by atoms with E-state index in [0.717, 1.165) is 23.2 Å². The van der Waals surface area contributed by atoms with Crippen molar-refractivity contribution in [2.75, 3.05) is 5.43 Å². The van der Waals surface area contributed by atoms with Gasteiger partial charge in [-0.15, -0.1) is 0 Å². The van der Waals surface area contributed by atoms with Gasteiger partial charge in [0.05, 0.1) is 0 Å². The Balaban J connectivity index is 2.54. The normalized spacial score (nSPS) is 11.5. The van der Waals surface area contributed by atoms with Crippen LogP contribution in [-0.2, 0) is 11.8 Å². The summed E-state index contributed by atoms with van der Waals surface area (Å²) in [5, 5.41) is 0. The molecule has 0 unspecified atom stereocenters. The first kappa shape index (κ1) is 15.4. The third-order valence-corrected chi connectivity index (χ3v) is 3.83. The van der Waals surface area contributed by atoms with Gasteiger partial charge in [-0.05, 0) is 44.9 Å². The van der Waals surface area contributed by atoms with Crippen LogP contribution < -0.4 is 11.3 Å². The predicted octanol–water partition coefficient (Wildman–Crippen LogP) is 3.10. The molecule has 0 amide bonds. The van der Waals surface area contributed by atoms with Crippen LogP contribution in [0.1, 0.15) is 43.4 Å². The fourth-order valence-corrected chi connectivity index (χ4v) is 2.41. The minimum atomic E-state index is -0.434. The molecule has 0 saturated heterocycles. The number of hydrogen-bond donors (Lipinski definition) is 2. The highest BCUT2D eigenvalue weighted by molar-refractivity contribution is 5.47. The lowest BCUT2D eigenvalue weighted by Crippen LogP contribution is -2.25. The van der Waals surface area contributed by atoms with Crippen molar-refractivity contribution >= 4 is 5.82 Å². The number of hydrazine groups is 1. The summed E-state index contributed by atoms with van der Waals surface area (Å²) in [5.41, 5.74) is 5.09. The molecule has 0 fully saturated rings. The van der Waals surface area contributed by atoms with Crippen LogP contribution in [0.2, 0.25) is 0 Å². The van der Waals surface area contributed by atoms with Gasteiger partial charge in [0, 0.05) is 16.7 Å². The van der Waals surface area contributed by atoms with E-state index in [1.54, 1.807) is 12.1 Å². The molecule has 4 nitrogen and oxygen atoms in total. The van der Waals surface area contributed by atoms with Crippen LogP contribution in [-0.4, -0.2) is 9.97 Å². The lowest BCUT2D eigenvalue weighted by molar-refractivity contribution is 0.580. The second-order valence-electron chi connectivity index (χ2n) is 5.59. The van der Waals surface area contributed by atoms with E-state index in [2.05, 4.69) is 15.4 Å². The summed E-state index contributed by atoms with van der Waals surface area (Å²) in [6.45, 7) is 8.02. The summed E-state index contributed by atoms with van der Waals surface area (Å²) in [5.74, 6) is 6.64. The minimum Gasteiger partial charge on any atom is -0.308 e. The Hall–Kier alpha value is -2.01. The third-order valence-electron chi connectivity index (χ3n) is 3.83. The molecule has 2 aromatic rings. The Morgan fingerprint density at radius 3 is 2.33 bits per heavy atom. The first-order chi connectivity index (χ1) is 9.90. The average Bonchev–Trinajstić information content (AvgIpc) is 2.46. The lowest BCUT2D eigenvalue weighted by atomic mass is 9.83. The zero-order valence-corrected chi connectivity index (χ0v) is 12.9. The van der Waals surface area contributed by atoms with Crippen molar-refractivity contribution in [3.8, 4) is 0 Å². The van der Waals surface area contributed by atoms with Gasteiger partial charge in [0.15, 0.2) is 0 Å². The van der Waals surface area contributed by atoms with Gasteiger partial charge in [0.2, 0.25) is 0 Å². The molecule has 21 heavy (non-hydrogen) atoms. The molecule has 0 aliphatic rings. The van der Waals surface area contributed by atoms with Crippen molar-refractivity contribution < 1.29 is 4.39 Å². The van der Waals surface area contributed by atoms with Gasteiger partial charge >= 0.3 is 0 Å². The van der Waals surface area contributed by atoms with Crippen molar-refractivity contribution in [1.29, 1.82) is 0 Å². The summed E-state index contributed by atoms with van der Waals surface area (Å²) in [4.78, 5) is 9.18. The van der Waals surface area contributed by atoms with Crippen LogP contribution in [0, 0.1) is 12.7 Å². The standard InChI is InChI=1S/C16H21FN4/c1-5-13-10(2)19-15(20-14(13)21-18)16(3,4)11-6-8-12(17)9-7-11/h6-9H,5,18H2,1-4H3,(H,19,20,21). The molecule has 0 atom stereocenters. The van der Waals surface area contributed by atoms with Crippen LogP contribution in [0.3, 0.4) is 0 Å². The molecule has 112 valence electrons. The molecule has 0 spiro atoms. The van der Waals surface area contributed by atoms with Gasteiger partial charge in [-0.3, -0.25) is 0 Å². The fourth-order valence-electron chi connectivity index (χ4n) is 2.41. The Labute approximate surface area is 124 Å². The van der Waals surface area contributed by atoms with E-state index in [-0.39, 0.29) is 5.82 Å². The molecule has 1 aromatic heterocycles. The van der Waals surface area contributed by atoms with E-state index in [1.807, 2.05) is 27.7 Å². The number of anilines is 1. The summed E-state index contributed by atoms with van der Waals surface area (Å²) >= 11 is 0. The highest BCUT2D eigenvalue weighted by atomic mass is 19.1. The van der Waals surface area contributed by atoms with E-state index >= 15 is 0 Å². The smallest absolute Gasteiger partial charge is 0.147 e. The number of hydrogen-bond acceptors (Lipinski definition) is 4. The molecule has 1 heterocycles. The van der Waals surface area contributed by atoms with Crippen LogP contribution in [0.4, 0.5) is 10.2 Å². The number of nitrogens with two attached hydrogens (primary N) is 1. The summed E-state index contributed by atoms with van der Waals surface area (Å²) in [7, 11) is 0. The number of nitrogen functional groups attached to an aromatic ring is 1. The fraction of sp³-hybridized carbons (Fsp3) is 0.375. The Morgan fingerprint density at radius 1 is 1.19 bits per heavy atom. The molecule has 1 aromatic carbocycles. The maximum absolute atomic E-state index is 13.1. The third kappa shape index (κ3) is 2.88. The average molecular weight is 288 g/mol. The molecule has 0 bridgehead atoms. The van der Waals surface area contributed by atoms with Gasteiger partial charge in [0.1, 0.15) is 17.5 Å². The van der Waals surface area contributed by atoms with Crippen molar-refractivity contribution in [3.63, 3.8) is 0 Å². The van der Waals surface area contributed by atoms with E-state index in [9.17, 15) is 4.39 Å². The second kappa shape index (κ2) is 5.77. The van der Waals surface area contributed by atoms with Gasteiger partial charge < -0.3 is 5.43 Å². The number of rotatable bonds is 4. The molecule has 3 N–H and O–H groups in total. The van der Waals surface area contributed by atoms with Crippen molar-refractivity contribution in [1.82, 2.24) is 9.97 Å². The Morgan fingerprint density at radius 2 is 1.81 bits per heavy atom. The molecular formula is C16H21FN4. The molecular weight excluding hydrogens is 267 g/mol. The first-order valence-electron chi connectivity index (χ1n) is 7.00. The zero-order chi connectivity index (χ0) is 15.6.